The molecule has 0 amide bonds. The summed E-state index contributed by atoms with van der Waals surface area (Å²) in [6.07, 6.45) is 2.81. The van der Waals surface area contributed by atoms with Crippen LogP contribution in [-0.2, 0) is 14.8 Å². The van der Waals surface area contributed by atoms with Crippen LogP contribution in [0.25, 0.3) is 0 Å². The molecule has 106 valence electrons. The number of oxime groups is 1. The Hall–Kier alpha value is -0.860. The smallest absolute Gasteiger partial charge is 0.214 e. The zero-order valence-corrected chi connectivity index (χ0v) is 11.4. The van der Waals surface area contributed by atoms with E-state index in [0.29, 0.717) is 19.4 Å². The Kier molecular flexibility index (Phi) is 5.36. The van der Waals surface area contributed by atoms with Crippen molar-refractivity contribution in [1.82, 2.24) is 4.72 Å². The van der Waals surface area contributed by atoms with E-state index >= 15 is 0 Å². The van der Waals surface area contributed by atoms with Gasteiger partial charge in [-0.15, -0.1) is 0 Å². The minimum atomic E-state index is -3.50. The molecule has 0 unspecified atom stereocenters. The Morgan fingerprint density at radius 2 is 2.11 bits per heavy atom. The van der Waals surface area contributed by atoms with E-state index in [1.807, 2.05) is 0 Å². The number of hydrogen-bond donors (Lipinski definition) is 3. The average molecular weight is 279 g/mol. The summed E-state index contributed by atoms with van der Waals surface area (Å²) >= 11 is 0. The number of rotatable bonds is 7. The van der Waals surface area contributed by atoms with E-state index in [1.165, 1.54) is 0 Å². The first-order valence-electron chi connectivity index (χ1n) is 6.03. The summed E-state index contributed by atoms with van der Waals surface area (Å²) in [5.41, 5.74) is 4.69. The third-order valence-corrected chi connectivity index (χ3v) is 4.51. The number of sulfonamides is 1. The Bertz CT molecular complexity index is 388. The van der Waals surface area contributed by atoms with Gasteiger partial charge in [-0.1, -0.05) is 18.0 Å². The van der Waals surface area contributed by atoms with Crippen LogP contribution in [0.5, 0.6) is 0 Å². The molecule has 18 heavy (non-hydrogen) atoms. The summed E-state index contributed by atoms with van der Waals surface area (Å²) in [6, 6.07) is 0. The molecule has 0 aromatic carbocycles. The fraction of sp³-hybridized carbons (Fsp3) is 0.900. The van der Waals surface area contributed by atoms with Crippen LogP contribution in [0.1, 0.15) is 32.6 Å². The first-order valence-corrected chi connectivity index (χ1v) is 7.68. The van der Waals surface area contributed by atoms with E-state index in [0.717, 1.165) is 12.8 Å². The predicted molar refractivity (Wildman–Crippen MR) is 68.0 cm³/mol. The fourth-order valence-electron chi connectivity index (χ4n) is 2.15. The Labute approximate surface area is 107 Å². The summed E-state index contributed by atoms with van der Waals surface area (Å²) in [5, 5.41) is 11.7. The van der Waals surface area contributed by atoms with Crippen LogP contribution in [-0.4, -0.2) is 44.0 Å². The third-order valence-electron chi connectivity index (χ3n) is 3.11. The maximum absolute atomic E-state index is 11.9. The van der Waals surface area contributed by atoms with Crippen molar-refractivity contribution in [2.45, 2.75) is 38.1 Å². The van der Waals surface area contributed by atoms with Crippen molar-refractivity contribution in [3.63, 3.8) is 0 Å². The van der Waals surface area contributed by atoms with Crippen molar-refractivity contribution in [3.8, 4) is 0 Å². The molecular formula is C10H21N3O4S. The van der Waals surface area contributed by atoms with Crippen molar-refractivity contribution in [3.05, 3.63) is 0 Å². The van der Waals surface area contributed by atoms with Crippen molar-refractivity contribution in [2.75, 3.05) is 19.0 Å². The lowest BCUT2D eigenvalue weighted by Gasteiger charge is -2.28. The standard InChI is InChI=1S/C10H21N3O4S/c1-2-17-7-8-18(15,16)13-10(9(11)12-14)5-3-4-6-10/h13-14H,2-8H2,1H3,(H2,11,12). The summed E-state index contributed by atoms with van der Waals surface area (Å²) in [4.78, 5) is 0. The SMILES string of the molecule is CCOCCS(=O)(=O)NC1(C(N)=NO)CCCC1. The molecule has 0 aromatic rings. The second-order valence-corrected chi connectivity index (χ2v) is 6.23. The molecule has 1 rings (SSSR count). The first-order chi connectivity index (χ1) is 8.46. The van der Waals surface area contributed by atoms with Gasteiger partial charge in [-0.3, -0.25) is 0 Å². The normalized spacial score (nSPS) is 20.2. The Balaban J connectivity index is 2.72. The second kappa shape index (κ2) is 6.35. The quantitative estimate of drug-likeness (QED) is 0.199. The molecule has 0 spiro atoms. The highest BCUT2D eigenvalue weighted by molar-refractivity contribution is 7.89. The fourth-order valence-corrected chi connectivity index (χ4v) is 3.49. The minimum absolute atomic E-state index is 0.0695. The van der Waals surface area contributed by atoms with Crippen LogP contribution in [0, 0.1) is 0 Å². The monoisotopic (exact) mass is 279 g/mol. The minimum Gasteiger partial charge on any atom is -0.409 e. The molecule has 1 saturated carbocycles. The summed E-state index contributed by atoms with van der Waals surface area (Å²) in [6.45, 7) is 2.41. The number of ether oxygens (including phenoxy) is 1. The lowest BCUT2D eigenvalue weighted by molar-refractivity contribution is 0.163. The van der Waals surface area contributed by atoms with Crippen LogP contribution >= 0.6 is 0 Å². The molecule has 4 N–H and O–H groups in total. The zero-order valence-electron chi connectivity index (χ0n) is 10.6. The number of amidine groups is 1. The lowest BCUT2D eigenvalue weighted by Crippen LogP contribution is -2.56. The Morgan fingerprint density at radius 3 is 2.61 bits per heavy atom. The molecule has 0 radical (unpaired) electrons. The van der Waals surface area contributed by atoms with E-state index in [4.69, 9.17) is 15.7 Å². The zero-order chi connectivity index (χ0) is 13.6. The largest absolute Gasteiger partial charge is 0.409 e. The van der Waals surface area contributed by atoms with Gasteiger partial charge >= 0.3 is 0 Å². The van der Waals surface area contributed by atoms with Gasteiger partial charge in [-0.2, -0.15) is 0 Å². The maximum Gasteiger partial charge on any atom is 0.214 e. The van der Waals surface area contributed by atoms with Gasteiger partial charge in [0, 0.05) is 6.61 Å². The van der Waals surface area contributed by atoms with Crippen molar-refractivity contribution >= 4 is 15.9 Å². The summed E-state index contributed by atoms with van der Waals surface area (Å²) in [5.74, 6) is -0.193. The highest BCUT2D eigenvalue weighted by Crippen LogP contribution is 2.30. The van der Waals surface area contributed by atoms with Crippen LogP contribution in [0.3, 0.4) is 0 Å². The molecule has 0 heterocycles. The van der Waals surface area contributed by atoms with Crippen LogP contribution in [0.15, 0.2) is 5.16 Å². The van der Waals surface area contributed by atoms with E-state index in [9.17, 15) is 8.42 Å². The molecule has 1 fully saturated rings. The van der Waals surface area contributed by atoms with Gasteiger partial charge in [-0.05, 0) is 19.8 Å². The lowest BCUT2D eigenvalue weighted by atomic mass is 9.98. The van der Waals surface area contributed by atoms with E-state index in [2.05, 4.69) is 9.88 Å². The molecule has 0 atom stereocenters. The number of nitrogens with one attached hydrogen (secondary N) is 1. The molecule has 0 saturated heterocycles. The first kappa shape index (κ1) is 15.2. The number of hydrogen-bond acceptors (Lipinski definition) is 5. The molecule has 8 heteroatoms. The van der Waals surface area contributed by atoms with Gasteiger partial charge < -0.3 is 15.7 Å². The highest BCUT2D eigenvalue weighted by atomic mass is 32.2. The van der Waals surface area contributed by atoms with Gasteiger partial charge in [0.1, 0.15) is 0 Å². The third kappa shape index (κ3) is 3.82. The number of nitrogens with two attached hydrogens (primary N) is 1. The molecule has 1 aliphatic rings. The van der Waals surface area contributed by atoms with Crippen molar-refractivity contribution in [2.24, 2.45) is 10.9 Å². The molecule has 7 nitrogen and oxygen atoms in total. The van der Waals surface area contributed by atoms with Gasteiger partial charge in [-0.25, -0.2) is 13.1 Å². The van der Waals surface area contributed by atoms with Gasteiger partial charge in [0.15, 0.2) is 5.84 Å². The summed E-state index contributed by atoms with van der Waals surface area (Å²) < 4.78 is 31.4. The molecule has 0 aromatic heterocycles. The van der Waals surface area contributed by atoms with Crippen LogP contribution < -0.4 is 10.5 Å². The molecular weight excluding hydrogens is 258 g/mol. The van der Waals surface area contributed by atoms with Gasteiger partial charge in [0.25, 0.3) is 0 Å². The second-order valence-electron chi connectivity index (χ2n) is 4.39. The highest BCUT2D eigenvalue weighted by Gasteiger charge is 2.41. The van der Waals surface area contributed by atoms with Crippen molar-refractivity contribution < 1.29 is 18.4 Å². The van der Waals surface area contributed by atoms with Gasteiger partial charge in [0.2, 0.25) is 10.0 Å². The number of nitrogens with zero attached hydrogens (tertiary/aromatic N) is 1. The van der Waals surface area contributed by atoms with Gasteiger partial charge in [0.05, 0.1) is 17.9 Å². The van der Waals surface area contributed by atoms with E-state index in [1.54, 1.807) is 6.92 Å². The maximum atomic E-state index is 11.9. The van der Waals surface area contributed by atoms with E-state index in [-0.39, 0.29) is 18.2 Å². The van der Waals surface area contributed by atoms with Crippen LogP contribution in [0.2, 0.25) is 0 Å². The average Bonchev–Trinajstić information content (AvgIpc) is 2.77. The van der Waals surface area contributed by atoms with Crippen molar-refractivity contribution in [1.29, 1.82) is 0 Å². The van der Waals surface area contributed by atoms with E-state index < -0.39 is 15.6 Å². The molecule has 1 aliphatic carbocycles. The predicted octanol–water partition coefficient (Wildman–Crippen LogP) is 0.00150. The summed E-state index contributed by atoms with van der Waals surface area (Å²) in [7, 11) is -3.50. The Morgan fingerprint density at radius 1 is 1.50 bits per heavy atom. The van der Waals surface area contributed by atoms with Crippen LogP contribution in [0.4, 0.5) is 0 Å². The topological polar surface area (TPSA) is 114 Å². The molecule has 0 bridgehead atoms. The molecule has 0 aliphatic heterocycles.